The Balaban J connectivity index is 1.91. The van der Waals surface area contributed by atoms with Crippen LogP contribution in [0.2, 0.25) is 0 Å². The maximum Gasteiger partial charge on any atom is 0.325 e. The van der Waals surface area contributed by atoms with Crippen LogP contribution in [0.1, 0.15) is 18.1 Å². The molecule has 1 N–H and O–H groups in total. The number of carbonyl (C=O) groups excluding carboxylic acids is 2. The van der Waals surface area contributed by atoms with Crippen molar-refractivity contribution < 1.29 is 9.59 Å². The van der Waals surface area contributed by atoms with Crippen molar-refractivity contribution in [1.82, 2.24) is 10.2 Å². The molecule has 2 aromatic carbocycles. The Morgan fingerprint density at radius 3 is 2.36 bits per heavy atom. The number of urea groups is 1. The highest BCUT2D eigenvalue weighted by molar-refractivity contribution is 9.10. The van der Waals surface area contributed by atoms with E-state index in [1.165, 1.54) is 4.90 Å². The standard InChI is InChI=1S/C17H15BrN2O2/c1-17(13-8-3-2-4-9-13)15(21)20(16(22)19-17)11-12-7-5-6-10-14(12)18/h2-10H,11H2,1H3,(H,19,22)/t17-/m1/s1. The number of halogens is 1. The summed E-state index contributed by atoms with van der Waals surface area (Å²) < 4.78 is 0.879. The smallest absolute Gasteiger partial charge is 0.319 e. The molecule has 3 rings (SSSR count). The van der Waals surface area contributed by atoms with Crippen molar-refractivity contribution in [3.05, 3.63) is 70.2 Å². The van der Waals surface area contributed by atoms with Gasteiger partial charge in [0.15, 0.2) is 0 Å². The second-order valence-corrected chi connectivity index (χ2v) is 6.26. The quantitative estimate of drug-likeness (QED) is 0.854. The first-order valence-electron chi connectivity index (χ1n) is 6.95. The predicted molar refractivity (Wildman–Crippen MR) is 87.0 cm³/mol. The van der Waals surface area contributed by atoms with Crippen molar-refractivity contribution >= 4 is 27.9 Å². The van der Waals surface area contributed by atoms with Gasteiger partial charge in [-0.1, -0.05) is 64.5 Å². The van der Waals surface area contributed by atoms with E-state index in [-0.39, 0.29) is 18.5 Å². The molecule has 1 aliphatic heterocycles. The zero-order valence-corrected chi connectivity index (χ0v) is 13.6. The third-order valence-corrected chi connectivity index (χ3v) is 4.69. The van der Waals surface area contributed by atoms with E-state index in [1.54, 1.807) is 6.92 Å². The Kier molecular flexibility index (Phi) is 3.74. The van der Waals surface area contributed by atoms with Crippen molar-refractivity contribution in [2.24, 2.45) is 0 Å². The average Bonchev–Trinajstić information content (AvgIpc) is 2.75. The Labute approximate surface area is 137 Å². The van der Waals surface area contributed by atoms with Crippen LogP contribution in [-0.4, -0.2) is 16.8 Å². The molecule has 5 heteroatoms. The lowest BCUT2D eigenvalue weighted by atomic mass is 9.92. The van der Waals surface area contributed by atoms with Crippen molar-refractivity contribution in [3.8, 4) is 0 Å². The summed E-state index contributed by atoms with van der Waals surface area (Å²) in [6.07, 6.45) is 0. The lowest BCUT2D eigenvalue weighted by Crippen LogP contribution is -2.40. The summed E-state index contributed by atoms with van der Waals surface area (Å²) in [5, 5.41) is 2.81. The molecule has 0 aromatic heterocycles. The van der Waals surface area contributed by atoms with Gasteiger partial charge in [-0.15, -0.1) is 0 Å². The van der Waals surface area contributed by atoms with E-state index < -0.39 is 5.54 Å². The van der Waals surface area contributed by atoms with Crippen LogP contribution in [0, 0.1) is 0 Å². The van der Waals surface area contributed by atoms with Crippen LogP contribution in [0.15, 0.2) is 59.1 Å². The minimum Gasteiger partial charge on any atom is -0.319 e. The van der Waals surface area contributed by atoms with Crippen LogP contribution < -0.4 is 5.32 Å². The lowest BCUT2D eigenvalue weighted by Gasteiger charge is -2.22. The highest BCUT2D eigenvalue weighted by atomic mass is 79.9. The second kappa shape index (κ2) is 5.57. The monoisotopic (exact) mass is 358 g/mol. The minimum absolute atomic E-state index is 0.237. The molecule has 0 radical (unpaired) electrons. The van der Waals surface area contributed by atoms with Crippen LogP contribution in [0.3, 0.4) is 0 Å². The maximum atomic E-state index is 12.8. The molecule has 4 nitrogen and oxygen atoms in total. The van der Waals surface area contributed by atoms with Gasteiger partial charge in [0.1, 0.15) is 5.54 Å². The van der Waals surface area contributed by atoms with Gasteiger partial charge in [-0.05, 0) is 24.1 Å². The van der Waals surface area contributed by atoms with E-state index in [0.717, 1.165) is 15.6 Å². The van der Waals surface area contributed by atoms with Gasteiger partial charge >= 0.3 is 6.03 Å². The van der Waals surface area contributed by atoms with Gasteiger partial charge in [-0.2, -0.15) is 0 Å². The molecule has 0 spiro atoms. The molecule has 1 aliphatic rings. The molecule has 0 saturated carbocycles. The second-order valence-electron chi connectivity index (χ2n) is 5.40. The number of amides is 3. The molecule has 0 unspecified atom stereocenters. The van der Waals surface area contributed by atoms with Crippen LogP contribution in [-0.2, 0) is 16.9 Å². The van der Waals surface area contributed by atoms with Gasteiger partial charge < -0.3 is 5.32 Å². The van der Waals surface area contributed by atoms with Gasteiger partial charge in [-0.3, -0.25) is 9.69 Å². The minimum atomic E-state index is -1.01. The predicted octanol–water partition coefficient (Wildman–Crippen LogP) is 3.42. The van der Waals surface area contributed by atoms with Crippen molar-refractivity contribution in [2.45, 2.75) is 19.0 Å². The van der Waals surface area contributed by atoms with Crippen LogP contribution in [0.5, 0.6) is 0 Å². The van der Waals surface area contributed by atoms with E-state index in [4.69, 9.17) is 0 Å². The zero-order valence-electron chi connectivity index (χ0n) is 12.0. The van der Waals surface area contributed by atoms with E-state index in [1.807, 2.05) is 54.6 Å². The van der Waals surface area contributed by atoms with Gasteiger partial charge in [0.2, 0.25) is 0 Å². The molecule has 1 atom stereocenters. The Morgan fingerprint density at radius 1 is 1.05 bits per heavy atom. The first kappa shape index (κ1) is 14.8. The third kappa shape index (κ3) is 2.41. The van der Waals surface area contributed by atoms with Gasteiger partial charge in [-0.25, -0.2) is 4.79 Å². The Bertz CT molecular complexity index is 732. The molecule has 22 heavy (non-hydrogen) atoms. The number of rotatable bonds is 3. The molecule has 0 aliphatic carbocycles. The van der Waals surface area contributed by atoms with Gasteiger partial charge in [0.25, 0.3) is 5.91 Å². The largest absolute Gasteiger partial charge is 0.325 e. The number of nitrogens with one attached hydrogen (secondary N) is 1. The lowest BCUT2D eigenvalue weighted by molar-refractivity contribution is -0.131. The van der Waals surface area contributed by atoms with Crippen LogP contribution in [0.4, 0.5) is 4.79 Å². The summed E-state index contributed by atoms with van der Waals surface area (Å²) in [4.78, 5) is 26.3. The average molecular weight is 359 g/mol. The fourth-order valence-electron chi connectivity index (χ4n) is 2.60. The number of imide groups is 1. The molecule has 3 amide bonds. The van der Waals surface area contributed by atoms with Crippen molar-refractivity contribution in [1.29, 1.82) is 0 Å². The number of nitrogens with zero attached hydrogens (tertiary/aromatic N) is 1. The van der Waals surface area contributed by atoms with Gasteiger partial charge in [0.05, 0.1) is 6.54 Å². The SMILES string of the molecule is C[C@]1(c2ccccc2)NC(=O)N(Cc2ccccc2Br)C1=O. The van der Waals surface area contributed by atoms with Gasteiger partial charge in [0, 0.05) is 4.47 Å². The van der Waals surface area contributed by atoms with E-state index in [2.05, 4.69) is 21.2 Å². The molecule has 1 fully saturated rings. The first-order chi connectivity index (χ1) is 10.5. The molecule has 2 aromatic rings. The van der Waals surface area contributed by atoms with Crippen molar-refractivity contribution in [2.75, 3.05) is 0 Å². The number of carbonyl (C=O) groups is 2. The number of benzene rings is 2. The Morgan fingerprint density at radius 2 is 1.68 bits per heavy atom. The van der Waals surface area contributed by atoms with E-state index in [0.29, 0.717) is 0 Å². The van der Waals surface area contributed by atoms with E-state index in [9.17, 15) is 9.59 Å². The van der Waals surface area contributed by atoms with Crippen LogP contribution in [0.25, 0.3) is 0 Å². The number of hydrogen-bond acceptors (Lipinski definition) is 2. The molecule has 1 saturated heterocycles. The summed E-state index contributed by atoms with van der Waals surface area (Å²) in [7, 11) is 0. The molecule has 1 heterocycles. The fourth-order valence-corrected chi connectivity index (χ4v) is 3.01. The molecule has 0 bridgehead atoms. The summed E-state index contributed by atoms with van der Waals surface area (Å²) >= 11 is 3.45. The summed E-state index contributed by atoms with van der Waals surface area (Å²) in [5.74, 6) is -0.237. The van der Waals surface area contributed by atoms with E-state index >= 15 is 0 Å². The molecule has 112 valence electrons. The van der Waals surface area contributed by atoms with Crippen LogP contribution >= 0.6 is 15.9 Å². The maximum absolute atomic E-state index is 12.8. The highest BCUT2D eigenvalue weighted by Crippen LogP contribution is 2.30. The Hall–Kier alpha value is -2.14. The number of hydrogen-bond donors (Lipinski definition) is 1. The summed E-state index contributed by atoms with van der Waals surface area (Å²) in [5.41, 5.74) is 0.658. The summed E-state index contributed by atoms with van der Waals surface area (Å²) in [6.45, 7) is 1.98. The topological polar surface area (TPSA) is 49.4 Å². The molecular weight excluding hydrogens is 344 g/mol. The zero-order chi connectivity index (χ0) is 15.7. The highest BCUT2D eigenvalue weighted by Gasteiger charge is 2.48. The van der Waals surface area contributed by atoms with Crippen molar-refractivity contribution in [3.63, 3.8) is 0 Å². The summed E-state index contributed by atoms with van der Waals surface area (Å²) in [6, 6.07) is 16.5. The first-order valence-corrected chi connectivity index (χ1v) is 7.75. The molecular formula is C17H15BrN2O2. The fraction of sp³-hybridized carbons (Fsp3) is 0.176. The normalized spacial score (nSPS) is 21.1. The third-order valence-electron chi connectivity index (χ3n) is 3.91.